The Hall–Kier alpha value is 0.130. The van der Waals surface area contributed by atoms with Gasteiger partial charge in [0.1, 0.15) is 0 Å². The molecule has 1 heterocycles. The predicted molar refractivity (Wildman–Crippen MR) is 83.8 cm³/mol. The highest BCUT2D eigenvalue weighted by molar-refractivity contribution is 9.11. The highest BCUT2D eigenvalue weighted by Gasteiger charge is 2.22. The Balaban J connectivity index is 1.88. The second-order valence-electron chi connectivity index (χ2n) is 4.91. The lowest BCUT2D eigenvalue weighted by atomic mass is 9.87. The number of aryl methyl sites for hydroxylation is 1. The number of hydrogen-bond acceptors (Lipinski definition) is 2. The quantitative estimate of drug-likeness (QED) is 0.751. The van der Waals surface area contributed by atoms with E-state index in [1.165, 1.54) is 24.2 Å². The van der Waals surface area contributed by atoms with Crippen LogP contribution in [0.2, 0.25) is 0 Å². The topological polar surface area (TPSA) is 29.1 Å². The zero-order valence-electron chi connectivity index (χ0n) is 10.3. The molecular weight excluding hydrogens is 378 g/mol. The van der Waals surface area contributed by atoms with Gasteiger partial charge < -0.3 is 5.32 Å². The molecule has 0 aromatic carbocycles. The van der Waals surface area contributed by atoms with Crippen molar-refractivity contribution < 1.29 is 4.79 Å². The Kier molecular flexibility index (Phi) is 5.27. The average molecular weight is 395 g/mol. The molecule has 5 heteroatoms. The van der Waals surface area contributed by atoms with Crippen LogP contribution in [0.4, 0.5) is 0 Å². The second kappa shape index (κ2) is 6.53. The van der Waals surface area contributed by atoms with Gasteiger partial charge in [-0.05, 0) is 66.1 Å². The van der Waals surface area contributed by atoms with E-state index in [2.05, 4.69) is 37.2 Å². The fourth-order valence-electron chi connectivity index (χ4n) is 2.29. The number of carbonyl (C=O) groups excluding carboxylic acids is 1. The summed E-state index contributed by atoms with van der Waals surface area (Å²) in [6.45, 7) is 2.01. The number of carbonyl (C=O) groups is 1. The maximum atomic E-state index is 12.1. The first-order valence-electron chi connectivity index (χ1n) is 6.23. The number of thiophene rings is 1. The number of halogens is 2. The van der Waals surface area contributed by atoms with Crippen LogP contribution in [0.3, 0.4) is 0 Å². The largest absolute Gasteiger partial charge is 0.349 e. The molecule has 0 aliphatic heterocycles. The van der Waals surface area contributed by atoms with Crippen LogP contribution in [0.15, 0.2) is 9.85 Å². The summed E-state index contributed by atoms with van der Waals surface area (Å²) in [5, 5.41) is 4.24. The van der Waals surface area contributed by atoms with E-state index in [1.807, 2.05) is 13.0 Å². The summed E-state index contributed by atoms with van der Waals surface area (Å²) in [7, 11) is 0. The van der Waals surface area contributed by atoms with Crippen molar-refractivity contribution in [3.05, 3.63) is 20.3 Å². The normalized spacial score (nSPS) is 23.9. The van der Waals surface area contributed by atoms with Crippen LogP contribution < -0.4 is 5.32 Å². The molecule has 18 heavy (non-hydrogen) atoms. The minimum atomic E-state index is 0.0797. The van der Waals surface area contributed by atoms with Crippen LogP contribution in [0.5, 0.6) is 0 Å². The van der Waals surface area contributed by atoms with Crippen LogP contribution in [0, 0.1) is 12.8 Å². The van der Waals surface area contributed by atoms with Crippen molar-refractivity contribution in [2.45, 2.75) is 38.6 Å². The Bertz CT molecular complexity index is 405. The minimum Gasteiger partial charge on any atom is -0.349 e. The molecule has 0 bridgehead atoms. The SMILES string of the molecule is Cc1cc(C(=O)NC2CCC(CBr)CC2)sc1Br. The van der Waals surface area contributed by atoms with Gasteiger partial charge in [-0.3, -0.25) is 4.79 Å². The standard InChI is InChI=1S/C13H17Br2NOS/c1-8-6-11(18-12(8)15)13(17)16-10-4-2-9(7-14)3-5-10/h6,9-10H,2-5,7H2,1H3,(H,16,17). The summed E-state index contributed by atoms with van der Waals surface area (Å²) in [6, 6.07) is 2.31. The Morgan fingerprint density at radius 3 is 2.61 bits per heavy atom. The lowest BCUT2D eigenvalue weighted by molar-refractivity contribution is 0.0927. The van der Waals surface area contributed by atoms with Crippen LogP contribution in [-0.2, 0) is 0 Å². The zero-order chi connectivity index (χ0) is 13.1. The highest BCUT2D eigenvalue weighted by atomic mass is 79.9. The Morgan fingerprint density at radius 1 is 1.44 bits per heavy atom. The molecule has 0 atom stereocenters. The van der Waals surface area contributed by atoms with E-state index in [0.29, 0.717) is 6.04 Å². The summed E-state index contributed by atoms with van der Waals surface area (Å²) in [5.41, 5.74) is 1.13. The fraction of sp³-hybridized carbons (Fsp3) is 0.615. The highest BCUT2D eigenvalue weighted by Crippen LogP contribution is 2.29. The van der Waals surface area contributed by atoms with E-state index >= 15 is 0 Å². The first kappa shape index (κ1) is 14.5. The molecule has 0 spiro atoms. The third-order valence-corrected chi connectivity index (χ3v) is 6.53. The summed E-state index contributed by atoms with van der Waals surface area (Å²) in [5.74, 6) is 0.868. The van der Waals surface area contributed by atoms with Crippen LogP contribution in [-0.4, -0.2) is 17.3 Å². The molecule has 1 aromatic heterocycles. The van der Waals surface area contributed by atoms with Crippen molar-refractivity contribution >= 4 is 49.1 Å². The van der Waals surface area contributed by atoms with Gasteiger partial charge in [-0.2, -0.15) is 0 Å². The summed E-state index contributed by atoms with van der Waals surface area (Å²) < 4.78 is 1.05. The number of nitrogens with one attached hydrogen (secondary N) is 1. The third kappa shape index (κ3) is 3.58. The monoisotopic (exact) mass is 393 g/mol. The molecule has 0 radical (unpaired) electrons. The van der Waals surface area contributed by atoms with Crippen LogP contribution in [0.1, 0.15) is 40.9 Å². The van der Waals surface area contributed by atoms with Gasteiger partial charge in [0.25, 0.3) is 5.91 Å². The van der Waals surface area contributed by atoms with Gasteiger partial charge in [0.05, 0.1) is 8.66 Å². The summed E-state index contributed by atoms with van der Waals surface area (Å²) in [6.07, 6.45) is 4.63. The Morgan fingerprint density at radius 2 is 2.11 bits per heavy atom. The van der Waals surface area contributed by atoms with E-state index < -0.39 is 0 Å². The lowest BCUT2D eigenvalue weighted by Gasteiger charge is -2.27. The smallest absolute Gasteiger partial charge is 0.261 e. The lowest BCUT2D eigenvalue weighted by Crippen LogP contribution is -2.37. The number of alkyl halides is 1. The van der Waals surface area contributed by atoms with Gasteiger partial charge >= 0.3 is 0 Å². The predicted octanol–water partition coefficient (Wildman–Crippen LogP) is 4.50. The van der Waals surface area contributed by atoms with Gasteiger partial charge in [0, 0.05) is 11.4 Å². The van der Waals surface area contributed by atoms with Crippen molar-refractivity contribution in [3.63, 3.8) is 0 Å². The molecule has 2 nitrogen and oxygen atoms in total. The molecule has 100 valence electrons. The van der Waals surface area contributed by atoms with Gasteiger partial charge in [-0.1, -0.05) is 15.9 Å². The molecule has 0 unspecified atom stereocenters. The average Bonchev–Trinajstić information content (AvgIpc) is 2.71. The second-order valence-corrected chi connectivity index (χ2v) is 7.93. The van der Waals surface area contributed by atoms with Crippen LogP contribution in [0.25, 0.3) is 0 Å². The van der Waals surface area contributed by atoms with Crippen molar-refractivity contribution in [2.75, 3.05) is 5.33 Å². The van der Waals surface area contributed by atoms with E-state index in [9.17, 15) is 4.79 Å². The maximum Gasteiger partial charge on any atom is 0.261 e. The third-order valence-electron chi connectivity index (χ3n) is 3.48. The molecule has 1 saturated carbocycles. The summed E-state index contributed by atoms with van der Waals surface area (Å²) in [4.78, 5) is 12.9. The fourth-order valence-corrected chi connectivity index (χ4v) is 4.37. The van der Waals surface area contributed by atoms with Crippen LogP contribution >= 0.6 is 43.2 Å². The molecule has 2 rings (SSSR count). The van der Waals surface area contributed by atoms with Crippen molar-refractivity contribution in [1.82, 2.24) is 5.32 Å². The number of rotatable bonds is 3. The minimum absolute atomic E-state index is 0.0797. The van der Waals surface area contributed by atoms with E-state index in [4.69, 9.17) is 0 Å². The van der Waals surface area contributed by atoms with E-state index in [0.717, 1.165) is 38.3 Å². The zero-order valence-corrected chi connectivity index (χ0v) is 14.3. The van der Waals surface area contributed by atoms with E-state index in [1.54, 1.807) is 0 Å². The summed E-state index contributed by atoms with van der Waals surface area (Å²) >= 11 is 8.51. The van der Waals surface area contributed by atoms with Gasteiger partial charge in [0.15, 0.2) is 0 Å². The molecule has 1 aliphatic carbocycles. The maximum absolute atomic E-state index is 12.1. The molecule has 1 fully saturated rings. The first-order chi connectivity index (χ1) is 8.60. The number of amides is 1. The van der Waals surface area contributed by atoms with Crippen molar-refractivity contribution in [3.8, 4) is 0 Å². The van der Waals surface area contributed by atoms with Gasteiger partial charge in [0.2, 0.25) is 0 Å². The first-order valence-corrected chi connectivity index (χ1v) is 8.96. The molecule has 1 aromatic rings. The molecular formula is C13H17Br2NOS. The molecule has 1 amide bonds. The Labute approximate surface area is 129 Å². The molecule has 1 aliphatic rings. The van der Waals surface area contributed by atoms with Gasteiger partial charge in [-0.25, -0.2) is 0 Å². The van der Waals surface area contributed by atoms with Crippen molar-refractivity contribution in [1.29, 1.82) is 0 Å². The van der Waals surface area contributed by atoms with E-state index in [-0.39, 0.29) is 5.91 Å². The molecule has 1 N–H and O–H groups in total. The number of hydrogen-bond donors (Lipinski definition) is 1. The van der Waals surface area contributed by atoms with Gasteiger partial charge in [-0.15, -0.1) is 11.3 Å². The molecule has 0 saturated heterocycles. The van der Waals surface area contributed by atoms with Crippen molar-refractivity contribution in [2.24, 2.45) is 5.92 Å².